The van der Waals surface area contributed by atoms with Crippen molar-refractivity contribution in [3.63, 3.8) is 0 Å². The van der Waals surface area contributed by atoms with Crippen LogP contribution in [-0.2, 0) is 15.7 Å². The molecule has 1 atom stereocenters. The molecule has 0 fully saturated rings. The van der Waals surface area contributed by atoms with Crippen molar-refractivity contribution in [3.05, 3.63) is 35.4 Å². The molecule has 1 N–H and O–H groups in total. The highest BCUT2D eigenvalue weighted by molar-refractivity contribution is 7.98. The number of methoxy groups -OCH3 is 1. The molecular weight excluding hydrogens is 319 g/mol. The SMILES string of the molecule is COC(=O)[C@H](CCSC)NC(=O)c1ccccc1C(F)(F)F. The number of hydrogen-bond acceptors (Lipinski definition) is 4. The van der Waals surface area contributed by atoms with Crippen LogP contribution in [0.5, 0.6) is 0 Å². The predicted octanol–water partition coefficient (Wildman–Crippen LogP) is 2.73. The molecule has 1 aromatic carbocycles. The van der Waals surface area contributed by atoms with E-state index in [2.05, 4.69) is 10.1 Å². The summed E-state index contributed by atoms with van der Waals surface area (Å²) in [5, 5.41) is 2.30. The molecule has 0 aromatic heterocycles. The Hall–Kier alpha value is -1.70. The van der Waals surface area contributed by atoms with Gasteiger partial charge >= 0.3 is 12.1 Å². The molecule has 4 nitrogen and oxygen atoms in total. The lowest BCUT2D eigenvalue weighted by atomic mass is 10.1. The van der Waals surface area contributed by atoms with Gasteiger partial charge in [-0.05, 0) is 30.6 Å². The Morgan fingerprint density at radius 3 is 2.50 bits per heavy atom. The minimum atomic E-state index is -4.64. The second kappa shape index (κ2) is 8.07. The van der Waals surface area contributed by atoms with Gasteiger partial charge in [-0.3, -0.25) is 4.79 Å². The first-order valence-electron chi connectivity index (χ1n) is 6.35. The number of hydrogen-bond donors (Lipinski definition) is 1. The maximum atomic E-state index is 12.9. The molecule has 22 heavy (non-hydrogen) atoms. The predicted molar refractivity (Wildman–Crippen MR) is 77.7 cm³/mol. The number of amides is 1. The largest absolute Gasteiger partial charge is 0.467 e. The van der Waals surface area contributed by atoms with Crippen molar-refractivity contribution in [1.82, 2.24) is 5.32 Å². The molecule has 0 aliphatic carbocycles. The van der Waals surface area contributed by atoms with Gasteiger partial charge in [0.15, 0.2) is 0 Å². The molecule has 1 rings (SSSR count). The molecule has 0 unspecified atom stereocenters. The Kier molecular flexibility index (Phi) is 6.73. The number of ether oxygens (including phenoxy) is 1. The van der Waals surface area contributed by atoms with Crippen molar-refractivity contribution >= 4 is 23.6 Å². The van der Waals surface area contributed by atoms with Crippen LogP contribution in [0, 0.1) is 0 Å². The van der Waals surface area contributed by atoms with E-state index in [0.717, 1.165) is 19.2 Å². The number of halogens is 3. The summed E-state index contributed by atoms with van der Waals surface area (Å²) in [5.41, 5.74) is -1.56. The number of rotatable bonds is 6. The Morgan fingerprint density at radius 1 is 1.32 bits per heavy atom. The monoisotopic (exact) mass is 335 g/mol. The number of thioether (sulfide) groups is 1. The van der Waals surface area contributed by atoms with E-state index in [-0.39, 0.29) is 6.42 Å². The van der Waals surface area contributed by atoms with Crippen molar-refractivity contribution < 1.29 is 27.5 Å². The summed E-state index contributed by atoms with van der Waals surface area (Å²) < 4.78 is 43.3. The molecule has 0 saturated carbocycles. The van der Waals surface area contributed by atoms with Gasteiger partial charge in [0.2, 0.25) is 0 Å². The van der Waals surface area contributed by atoms with Crippen LogP contribution in [0.2, 0.25) is 0 Å². The van der Waals surface area contributed by atoms with Crippen LogP contribution in [0.4, 0.5) is 13.2 Å². The number of alkyl halides is 3. The normalized spacial score (nSPS) is 12.6. The van der Waals surface area contributed by atoms with Crippen LogP contribution < -0.4 is 5.32 Å². The molecule has 1 aromatic rings. The minimum Gasteiger partial charge on any atom is -0.467 e. The topological polar surface area (TPSA) is 55.4 Å². The zero-order chi connectivity index (χ0) is 16.8. The fourth-order valence-electron chi connectivity index (χ4n) is 1.79. The van der Waals surface area contributed by atoms with E-state index in [0.29, 0.717) is 5.75 Å². The third-order valence-electron chi connectivity index (χ3n) is 2.88. The lowest BCUT2D eigenvalue weighted by Crippen LogP contribution is -2.42. The molecule has 0 spiro atoms. The summed E-state index contributed by atoms with van der Waals surface area (Å²) in [6, 6.07) is 3.45. The van der Waals surface area contributed by atoms with Gasteiger partial charge in [0.25, 0.3) is 5.91 Å². The van der Waals surface area contributed by atoms with E-state index >= 15 is 0 Å². The standard InChI is InChI=1S/C14H16F3NO3S/c1-21-13(20)11(7-8-22-2)18-12(19)9-5-3-4-6-10(9)14(15,16)17/h3-6,11H,7-8H2,1-2H3,(H,18,19)/t11-/m0/s1. The third-order valence-corrected chi connectivity index (χ3v) is 3.52. The van der Waals surface area contributed by atoms with E-state index in [1.54, 1.807) is 0 Å². The van der Waals surface area contributed by atoms with Crippen molar-refractivity contribution in [2.75, 3.05) is 19.1 Å². The first-order chi connectivity index (χ1) is 10.3. The van der Waals surface area contributed by atoms with Crippen LogP contribution in [0.3, 0.4) is 0 Å². The molecule has 0 aliphatic rings. The fourth-order valence-corrected chi connectivity index (χ4v) is 2.26. The maximum Gasteiger partial charge on any atom is 0.417 e. The van der Waals surface area contributed by atoms with E-state index in [1.807, 2.05) is 6.26 Å². The van der Waals surface area contributed by atoms with Gasteiger partial charge in [-0.2, -0.15) is 24.9 Å². The number of esters is 1. The molecule has 0 aliphatic heterocycles. The highest BCUT2D eigenvalue weighted by atomic mass is 32.2. The average Bonchev–Trinajstić information content (AvgIpc) is 2.49. The average molecular weight is 335 g/mol. The van der Waals surface area contributed by atoms with Crippen molar-refractivity contribution in [1.29, 1.82) is 0 Å². The number of nitrogens with one attached hydrogen (secondary N) is 1. The molecule has 122 valence electrons. The summed E-state index contributed by atoms with van der Waals surface area (Å²) in [4.78, 5) is 23.7. The first-order valence-corrected chi connectivity index (χ1v) is 7.74. The molecule has 0 radical (unpaired) electrons. The second-order valence-electron chi connectivity index (χ2n) is 4.37. The van der Waals surface area contributed by atoms with Crippen molar-refractivity contribution in [2.24, 2.45) is 0 Å². The summed E-state index contributed by atoms with van der Waals surface area (Å²) in [6.45, 7) is 0. The zero-order valence-corrected chi connectivity index (χ0v) is 12.9. The molecule has 0 bridgehead atoms. The summed E-state index contributed by atoms with van der Waals surface area (Å²) in [5.74, 6) is -1.09. The van der Waals surface area contributed by atoms with Gasteiger partial charge in [-0.25, -0.2) is 4.79 Å². The Bertz CT molecular complexity index is 534. The van der Waals surface area contributed by atoms with Gasteiger partial charge in [0.05, 0.1) is 18.2 Å². The highest BCUT2D eigenvalue weighted by Crippen LogP contribution is 2.31. The number of carbonyl (C=O) groups excluding carboxylic acids is 2. The molecule has 0 saturated heterocycles. The highest BCUT2D eigenvalue weighted by Gasteiger charge is 2.35. The zero-order valence-electron chi connectivity index (χ0n) is 12.1. The molecule has 8 heteroatoms. The van der Waals surface area contributed by atoms with Crippen LogP contribution in [0.25, 0.3) is 0 Å². The lowest BCUT2D eigenvalue weighted by molar-refractivity contribution is -0.142. The third kappa shape index (κ3) is 4.94. The van der Waals surface area contributed by atoms with Crippen LogP contribution in [0.1, 0.15) is 22.3 Å². The molecule has 0 heterocycles. The van der Waals surface area contributed by atoms with Crippen molar-refractivity contribution in [2.45, 2.75) is 18.6 Å². The van der Waals surface area contributed by atoms with Gasteiger partial charge in [-0.15, -0.1) is 0 Å². The van der Waals surface area contributed by atoms with Gasteiger partial charge in [0.1, 0.15) is 6.04 Å². The van der Waals surface area contributed by atoms with Crippen molar-refractivity contribution in [3.8, 4) is 0 Å². The van der Waals surface area contributed by atoms with Gasteiger partial charge in [-0.1, -0.05) is 12.1 Å². The van der Waals surface area contributed by atoms with Crippen LogP contribution in [-0.4, -0.2) is 37.0 Å². The Morgan fingerprint density at radius 2 is 1.95 bits per heavy atom. The summed E-state index contributed by atoms with van der Waals surface area (Å²) >= 11 is 1.45. The summed E-state index contributed by atoms with van der Waals surface area (Å²) in [6.07, 6.45) is -2.56. The van der Waals surface area contributed by atoms with E-state index in [9.17, 15) is 22.8 Å². The lowest BCUT2D eigenvalue weighted by Gasteiger charge is -2.18. The van der Waals surface area contributed by atoms with Gasteiger partial charge in [0, 0.05) is 0 Å². The summed E-state index contributed by atoms with van der Waals surface area (Å²) in [7, 11) is 1.16. The number of carbonyl (C=O) groups is 2. The quantitative estimate of drug-likeness (QED) is 0.812. The van der Waals surface area contributed by atoms with E-state index in [4.69, 9.17) is 0 Å². The Balaban J connectivity index is 2.98. The van der Waals surface area contributed by atoms with Crippen LogP contribution >= 0.6 is 11.8 Å². The van der Waals surface area contributed by atoms with Gasteiger partial charge < -0.3 is 10.1 Å². The molecular formula is C14H16F3NO3S. The van der Waals surface area contributed by atoms with E-state index < -0.39 is 35.2 Å². The minimum absolute atomic E-state index is 0.272. The second-order valence-corrected chi connectivity index (χ2v) is 5.36. The molecule has 1 amide bonds. The fraction of sp³-hybridized carbons (Fsp3) is 0.429. The maximum absolute atomic E-state index is 12.9. The Labute approximate surface area is 130 Å². The number of benzene rings is 1. The smallest absolute Gasteiger partial charge is 0.417 e. The van der Waals surface area contributed by atoms with Crippen LogP contribution in [0.15, 0.2) is 24.3 Å². The first kappa shape index (κ1) is 18.3. The van der Waals surface area contributed by atoms with E-state index in [1.165, 1.54) is 23.9 Å².